The molecule has 0 bridgehead atoms. The van der Waals surface area contributed by atoms with Gasteiger partial charge in [0.05, 0.1) is 0 Å². The van der Waals surface area contributed by atoms with Gasteiger partial charge in [0.25, 0.3) is 0 Å². The molecule has 0 spiro atoms. The van der Waals surface area contributed by atoms with Crippen LogP contribution in [0, 0.1) is 0 Å². The molecule has 0 aliphatic carbocycles. The number of aliphatic hydroxyl groups excluding tert-OH is 1. The maximum Gasteiger partial charge on any atom is 0.335 e. The number of hydrogen-bond acceptors (Lipinski definition) is 4. The summed E-state index contributed by atoms with van der Waals surface area (Å²) in [5.74, 6) is -0.514. The lowest BCUT2D eigenvalue weighted by Crippen LogP contribution is -2.40. The van der Waals surface area contributed by atoms with Gasteiger partial charge in [-0.2, -0.15) is 0 Å². The summed E-state index contributed by atoms with van der Waals surface area (Å²) in [5, 5.41) is 13.0. The van der Waals surface area contributed by atoms with Crippen LogP contribution in [-0.4, -0.2) is 35.4 Å². The molecule has 94 valence electrons. The van der Waals surface area contributed by atoms with Gasteiger partial charge in [-0.25, -0.2) is 4.79 Å². The Hall–Kier alpha value is -0.610. The molecule has 4 nitrogen and oxygen atoms in total. The molecule has 0 amide bonds. The predicted molar refractivity (Wildman–Crippen MR) is 62.1 cm³/mol. The number of rotatable bonds is 3. The summed E-state index contributed by atoms with van der Waals surface area (Å²) >= 11 is 0. The average Bonchev–Trinajstić information content (AvgIpc) is 2.16. The molecule has 4 heteroatoms. The molecule has 1 aliphatic rings. The van der Waals surface area contributed by atoms with Crippen LogP contribution in [0.4, 0.5) is 0 Å². The first-order valence-electron chi connectivity index (χ1n) is 6.03. The zero-order chi connectivity index (χ0) is 12.2. The zero-order valence-electron chi connectivity index (χ0n) is 10.5. The van der Waals surface area contributed by atoms with Crippen LogP contribution < -0.4 is 5.32 Å². The van der Waals surface area contributed by atoms with Gasteiger partial charge in [0.15, 0.2) is 6.10 Å². The van der Waals surface area contributed by atoms with Crippen molar-refractivity contribution >= 4 is 5.97 Å². The summed E-state index contributed by atoms with van der Waals surface area (Å²) in [7, 11) is 0. The molecule has 2 atom stereocenters. The number of carbonyl (C=O) groups excluding carboxylic acids is 1. The van der Waals surface area contributed by atoms with Crippen molar-refractivity contribution in [3.8, 4) is 0 Å². The molecule has 1 fully saturated rings. The molecule has 0 radical (unpaired) electrons. The van der Waals surface area contributed by atoms with E-state index in [2.05, 4.69) is 5.32 Å². The number of piperidine rings is 1. The Kier molecular flexibility index (Phi) is 4.74. The number of hydrogen-bond donors (Lipinski definition) is 2. The Balaban J connectivity index is 2.33. The molecule has 0 saturated carbocycles. The second-order valence-electron chi connectivity index (χ2n) is 5.43. The Bertz CT molecular complexity index is 229. The highest BCUT2D eigenvalue weighted by Crippen LogP contribution is 2.15. The first-order chi connectivity index (χ1) is 7.38. The van der Waals surface area contributed by atoms with Gasteiger partial charge in [-0.05, 0) is 46.6 Å². The van der Waals surface area contributed by atoms with Gasteiger partial charge in [0, 0.05) is 6.04 Å². The molecule has 0 aromatic rings. The van der Waals surface area contributed by atoms with Gasteiger partial charge < -0.3 is 15.2 Å². The van der Waals surface area contributed by atoms with Crippen molar-refractivity contribution in [1.82, 2.24) is 5.32 Å². The molecule has 1 saturated heterocycles. The van der Waals surface area contributed by atoms with Gasteiger partial charge >= 0.3 is 5.97 Å². The fourth-order valence-corrected chi connectivity index (χ4v) is 1.86. The van der Waals surface area contributed by atoms with E-state index in [1.807, 2.05) is 0 Å². The molecule has 1 rings (SSSR count). The standard InChI is InChI=1S/C12H23NO3/c1-12(2,3)16-11(15)10(14)8-9-6-4-5-7-13-9/h9-10,13-14H,4-8H2,1-3H3. The molecule has 16 heavy (non-hydrogen) atoms. The van der Waals surface area contributed by atoms with Crippen molar-refractivity contribution in [2.75, 3.05) is 6.54 Å². The Labute approximate surface area is 97.4 Å². The summed E-state index contributed by atoms with van der Waals surface area (Å²) < 4.78 is 5.12. The monoisotopic (exact) mass is 229 g/mol. The van der Waals surface area contributed by atoms with E-state index in [-0.39, 0.29) is 6.04 Å². The molecular weight excluding hydrogens is 206 g/mol. The topological polar surface area (TPSA) is 58.6 Å². The van der Waals surface area contributed by atoms with Crippen LogP contribution >= 0.6 is 0 Å². The highest BCUT2D eigenvalue weighted by Gasteiger charge is 2.26. The Morgan fingerprint density at radius 3 is 2.69 bits per heavy atom. The molecule has 0 aromatic carbocycles. The smallest absolute Gasteiger partial charge is 0.335 e. The second-order valence-corrected chi connectivity index (χ2v) is 5.43. The second kappa shape index (κ2) is 5.64. The van der Waals surface area contributed by atoms with Crippen LogP contribution in [0.5, 0.6) is 0 Å². The Morgan fingerprint density at radius 1 is 1.50 bits per heavy atom. The van der Waals surface area contributed by atoms with E-state index in [9.17, 15) is 9.90 Å². The molecule has 2 N–H and O–H groups in total. The van der Waals surface area contributed by atoms with E-state index in [1.54, 1.807) is 20.8 Å². The Morgan fingerprint density at radius 2 is 2.19 bits per heavy atom. The lowest BCUT2D eigenvalue weighted by atomic mass is 9.99. The van der Waals surface area contributed by atoms with Gasteiger partial charge in [-0.15, -0.1) is 0 Å². The minimum absolute atomic E-state index is 0.247. The molecule has 2 unspecified atom stereocenters. The van der Waals surface area contributed by atoms with Crippen molar-refractivity contribution in [3.63, 3.8) is 0 Å². The van der Waals surface area contributed by atoms with E-state index in [1.165, 1.54) is 12.8 Å². The lowest BCUT2D eigenvalue weighted by Gasteiger charge is -2.26. The van der Waals surface area contributed by atoms with E-state index in [0.717, 1.165) is 13.0 Å². The molecular formula is C12H23NO3. The molecule has 1 aliphatic heterocycles. The van der Waals surface area contributed by atoms with Gasteiger partial charge in [-0.1, -0.05) is 6.42 Å². The average molecular weight is 229 g/mol. The van der Waals surface area contributed by atoms with Crippen LogP contribution in [0.3, 0.4) is 0 Å². The molecule has 1 heterocycles. The number of nitrogens with one attached hydrogen (secondary N) is 1. The first kappa shape index (κ1) is 13.5. The van der Waals surface area contributed by atoms with Gasteiger partial charge in [-0.3, -0.25) is 0 Å². The van der Waals surface area contributed by atoms with Crippen LogP contribution in [0.15, 0.2) is 0 Å². The van der Waals surface area contributed by atoms with E-state index < -0.39 is 17.7 Å². The van der Waals surface area contributed by atoms with Gasteiger partial charge in [0.2, 0.25) is 0 Å². The summed E-state index contributed by atoms with van der Waals surface area (Å²) in [6.45, 7) is 6.38. The number of carbonyl (C=O) groups is 1. The first-order valence-corrected chi connectivity index (χ1v) is 6.03. The normalized spacial score (nSPS) is 23.9. The summed E-state index contributed by atoms with van der Waals surface area (Å²) in [6.07, 6.45) is 2.82. The maximum atomic E-state index is 11.5. The number of aliphatic hydroxyl groups is 1. The molecule has 0 aromatic heterocycles. The van der Waals surface area contributed by atoms with Crippen molar-refractivity contribution < 1.29 is 14.6 Å². The summed E-state index contributed by atoms with van der Waals surface area (Å²) in [5.41, 5.74) is -0.530. The van der Waals surface area contributed by atoms with Crippen molar-refractivity contribution in [1.29, 1.82) is 0 Å². The highest BCUT2D eigenvalue weighted by molar-refractivity contribution is 5.74. The summed E-state index contributed by atoms with van der Waals surface area (Å²) in [6, 6.07) is 0.247. The van der Waals surface area contributed by atoms with Crippen molar-refractivity contribution in [2.45, 2.75) is 64.2 Å². The predicted octanol–water partition coefficient (Wildman–Crippen LogP) is 1.22. The van der Waals surface area contributed by atoms with E-state index in [4.69, 9.17) is 4.74 Å². The van der Waals surface area contributed by atoms with Gasteiger partial charge in [0.1, 0.15) is 5.60 Å². The SMILES string of the molecule is CC(C)(C)OC(=O)C(O)CC1CCCCN1. The zero-order valence-corrected chi connectivity index (χ0v) is 10.5. The largest absolute Gasteiger partial charge is 0.458 e. The fraction of sp³-hybridized carbons (Fsp3) is 0.917. The van der Waals surface area contributed by atoms with E-state index in [0.29, 0.717) is 6.42 Å². The fourth-order valence-electron chi connectivity index (χ4n) is 1.86. The minimum Gasteiger partial charge on any atom is -0.458 e. The number of ether oxygens (including phenoxy) is 1. The maximum absolute atomic E-state index is 11.5. The lowest BCUT2D eigenvalue weighted by molar-refractivity contribution is -0.165. The van der Waals surface area contributed by atoms with Crippen molar-refractivity contribution in [2.24, 2.45) is 0 Å². The van der Waals surface area contributed by atoms with Crippen LogP contribution in [-0.2, 0) is 9.53 Å². The third-order valence-corrected chi connectivity index (χ3v) is 2.60. The highest BCUT2D eigenvalue weighted by atomic mass is 16.6. The van der Waals surface area contributed by atoms with E-state index >= 15 is 0 Å². The summed E-state index contributed by atoms with van der Waals surface area (Å²) in [4.78, 5) is 11.5. The van der Waals surface area contributed by atoms with Crippen molar-refractivity contribution in [3.05, 3.63) is 0 Å². The van der Waals surface area contributed by atoms with Crippen LogP contribution in [0.25, 0.3) is 0 Å². The quantitative estimate of drug-likeness (QED) is 0.714. The number of esters is 1. The third-order valence-electron chi connectivity index (χ3n) is 2.60. The third kappa shape index (κ3) is 4.94. The van der Waals surface area contributed by atoms with Crippen LogP contribution in [0.1, 0.15) is 46.5 Å². The van der Waals surface area contributed by atoms with Crippen LogP contribution in [0.2, 0.25) is 0 Å². The minimum atomic E-state index is -1.00.